The Morgan fingerprint density at radius 3 is 2.42 bits per heavy atom. The van der Waals surface area contributed by atoms with Gasteiger partial charge in [-0.3, -0.25) is 14.5 Å². The van der Waals surface area contributed by atoms with Crippen LogP contribution < -0.4 is 10.6 Å². The molecule has 1 saturated carbocycles. The number of likely N-dealkylation sites (N-methyl/N-ethyl adjacent to an activating group) is 1. The maximum atomic E-state index is 12.4. The Bertz CT molecular complexity index is 476. The SMILES string of the molecule is COC(=O)[C@@H](C)NC(=O)[C@@H]1C[C@H](NC(=O)C2CCCCC2)CN1C. The fraction of sp³-hybridized carbons (Fsp3) is 0.824. The lowest BCUT2D eigenvalue weighted by Crippen LogP contribution is -2.47. The molecule has 2 amide bonds. The summed E-state index contributed by atoms with van der Waals surface area (Å²) < 4.78 is 4.62. The van der Waals surface area contributed by atoms with E-state index in [1.165, 1.54) is 13.5 Å². The van der Waals surface area contributed by atoms with E-state index < -0.39 is 12.0 Å². The van der Waals surface area contributed by atoms with Crippen LogP contribution in [-0.2, 0) is 19.1 Å². The van der Waals surface area contributed by atoms with Gasteiger partial charge >= 0.3 is 5.97 Å². The lowest BCUT2D eigenvalue weighted by Gasteiger charge is -2.22. The first-order valence-corrected chi connectivity index (χ1v) is 8.81. The highest BCUT2D eigenvalue weighted by molar-refractivity contribution is 5.87. The third kappa shape index (κ3) is 4.69. The lowest BCUT2D eigenvalue weighted by molar-refractivity contribution is -0.145. The average Bonchev–Trinajstić information content (AvgIpc) is 2.95. The van der Waals surface area contributed by atoms with Crippen LogP contribution in [0.1, 0.15) is 45.4 Å². The molecule has 0 bridgehead atoms. The summed E-state index contributed by atoms with van der Waals surface area (Å²) >= 11 is 0. The minimum absolute atomic E-state index is 0.0198. The molecule has 0 radical (unpaired) electrons. The van der Waals surface area contributed by atoms with Crippen molar-refractivity contribution in [3.8, 4) is 0 Å². The highest BCUT2D eigenvalue weighted by Crippen LogP contribution is 2.24. The highest BCUT2D eigenvalue weighted by Gasteiger charge is 2.37. The van der Waals surface area contributed by atoms with Crippen LogP contribution in [0.2, 0.25) is 0 Å². The number of rotatable bonds is 5. The largest absolute Gasteiger partial charge is 0.467 e. The van der Waals surface area contributed by atoms with E-state index >= 15 is 0 Å². The van der Waals surface area contributed by atoms with Crippen LogP contribution in [0.25, 0.3) is 0 Å². The van der Waals surface area contributed by atoms with Crippen molar-refractivity contribution in [1.29, 1.82) is 0 Å². The van der Waals surface area contributed by atoms with Crippen molar-refractivity contribution >= 4 is 17.8 Å². The van der Waals surface area contributed by atoms with E-state index in [2.05, 4.69) is 15.4 Å². The molecule has 1 aliphatic carbocycles. The fourth-order valence-electron chi connectivity index (χ4n) is 3.64. The molecule has 0 aromatic rings. The van der Waals surface area contributed by atoms with Gasteiger partial charge in [-0.2, -0.15) is 0 Å². The van der Waals surface area contributed by atoms with Gasteiger partial charge in [-0.05, 0) is 33.2 Å². The minimum atomic E-state index is -0.674. The van der Waals surface area contributed by atoms with Crippen LogP contribution in [0.3, 0.4) is 0 Å². The Morgan fingerprint density at radius 1 is 1.12 bits per heavy atom. The normalized spacial score (nSPS) is 26.6. The van der Waals surface area contributed by atoms with Crippen LogP contribution in [0, 0.1) is 5.92 Å². The molecule has 136 valence electrons. The van der Waals surface area contributed by atoms with Gasteiger partial charge in [-0.15, -0.1) is 0 Å². The Morgan fingerprint density at radius 2 is 1.79 bits per heavy atom. The Kier molecular flexibility index (Phi) is 6.60. The molecule has 0 spiro atoms. The predicted octanol–water partition coefficient (Wildman–Crippen LogP) is 0.433. The van der Waals surface area contributed by atoms with Gasteiger partial charge in [-0.25, -0.2) is 4.79 Å². The van der Waals surface area contributed by atoms with Gasteiger partial charge < -0.3 is 15.4 Å². The molecule has 1 aliphatic heterocycles. The van der Waals surface area contributed by atoms with E-state index in [4.69, 9.17) is 0 Å². The maximum absolute atomic E-state index is 12.4. The van der Waals surface area contributed by atoms with Crippen LogP contribution in [0.4, 0.5) is 0 Å². The van der Waals surface area contributed by atoms with Gasteiger partial charge in [0.25, 0.3) is 0 Å². The van der Waals surface area contributed by atoms with Crippen molar-refractivity contribution in [2.24, 2.45) is 5.92 Å². The fourth-order valence-corrected chi connectivity index (χ4v) is 3.64. The van der Waals surface area contributed by atoms with Crippen LogP contribution in [-0.4, -0.2) is 61.5 Å². The second kappa shape index (κ2) is 8.46. The molecule has 0 aromatic carbocycles. The standard InChI is InChI=1S/C17H29N3O4/c1-11(17(23)24-3)18-16(22)14-9-13(10-20(14)2)19-15(21)12-7-5-4-6-8-12/h11-14H,4-10H2,1-3H3,(H,18,22)(H,19,21)/t11-,13+,14+/m1/s1. The quantitative estimate of drug-likeness (QED) is 0.710. The number of hydrogen-bond donors (Lipinski definition) is 2. The van der Waals surface area contributed by atoms with Crippen molar-refractivity contribution < 1.29 is 19.1 Å². The van der Waals surface area contributed by atoms with E-state index in [0.29, 0.717) is 13.0 Å². The van der Waals surface area contributed by atoms with E-state index in [1.807, 2.05) is 11.9 Å². The highest BCUT2D eigenvalue weighted by atomic mass is 16.5. The first kappa shape index (κ1) is 18.7. The van der Waals surface area contributed by atoms with Crippen molar-refractivity contribution in [2.45, 2.75) is 63.6 Å². The molecule has 7 heteroatoms. The molecule has 3 atom stereocenters. The molecule has 0 aromatic heterocycles. The van der Waals surface area contributed by atoms with Crippen LogP contribution in [0.5, 0.6) is 0 Å². The smallest absolute Gasteiger partial charge is 0.328 e. The van der Waals surface area contributed by atoms with E-state index in [9.17, 15) is 14.4 Å². The van der Waals surface area contributed by atoms with Crippen LogP contribution in [0.15, 0.2) is 0 Å². The van der Waals surface area contributed by atoms with Gasteiger partial charge in [0.15, 0.2) is 0 Å². The Balaban J connectivity index is 1.83. The zero-order valence-corrected chi connectivity index (χ0v) is 14.8. The second-order valence-corrected chi connectivity index (χ2v) is 6.98. The van der Waals surface area contributed by atoms with Crippen molar-refractivity contribution in [3.63, 3.8) is 0 Å². The number of carbonyl (C=O) groups excluding carboxylic acids is 3. The number of carbonyl (C=O) groups is 3. The zero-order chi connectivity index (χ0) is 17.7. The van der Waals surface area contributed by atoms with E-state index in [1.54, 1.807) is 6.92 Å². The average molecular weight is 339 g/mol. The summed E-state index contributed by atoms with van der Waals surface area (Å²) in [6.07, 6.45) is 5.97. The molecule has 2 rings (SSSR count). The second-order valence-electron chi connectivity index (χ2n) is 6.98. The summed E-state index contributed by atoms with van der Waals surface area (Å²) in [7, 11) is 3.16. The van der Waals surface area contributed by atoms with Crippen molar-refractivity contribution in [2.75, 3.05) is 20.7 Å². The third-order valence-electron chi connectivity index (χ3n) is 5.09. The number of ether oxygens (including phenoxy) is 1. The van der Waals surface area contributed by atoms with Gasteiger partial charge in [0.1, 0.15) is 6.04 Å². The summed E-state index contributed by atoms with van der Waals surface area (Å²) in [5.41, 5.74) is 0. The first-order chi connectivity index (χ1) is 11.4. The van der Waals surface area contributed by atoms with Gasteiger partial charge in [-0.1, -0.05) is 19.3 Å². The van der Waals surface area contributed by atoms with Gasteiger partial charge in [0.2, 0.25) is 11.8 Å². The third-order valence-corrected chi connectivity index (χ3v) is 5.09. The summed E-state index contributed by atoms with van der Waals surface area (Å²) in [4.78, 5) is 38.0. The van der Waals surface area contributed by atoms with Crippen LogP contribution >= 0.6 is 0 Å². The number of nitrogens with one attached hydrogen (secondary N) is 2. The summed E-state index contributed by atoms with van der Waals surface area (Å²) in [5, 5.41) is 5.77. The molecule has 2 aliphatic rings. The number of methoxy groups -OCH3 is 1. The molecule has 0 unspecified atom stereocenters. The van der Waals surface area contributed by atoms with Crippen molar-refractivity contribution in [3.05, 3.63) is 0 Å². The number of likely N-dealkylation sites (tertiary alicyclic amines) is 1. The summed E-state index contributed by atoms with van der Waals surface area (Å²) in [6, 6.07) is -1.03. The number of esters is 1. The van der Waals surface area contributed by atoms with Gasteiger partial charge in [0.05, 0.1) is 13.2 Å². The van der Waals surface area contributed by atoms with Crippen molar-refractivity contribution in [1.82, 2.24) is 15.5 Å². The van der Waals surface area contributed by atoms with Gasteiger partial charge in [0, 0.05) is 18.5 Å². The molecule has 2 fully saturated rings. The number of hydrogen-bond acceptors (Lipinski definition) is 5. The molecular formula is C17H29N3O4. The monoisotopic (exact) mass is 339 g/mol. The predicted molar refractivity (Wildman–Crippen MR) is 89.2 cm³/mol. The maximum Gasteiger partial charge on any atom is 0.328 e. The summed E-state index contributed by atoms with van der Waals surface area (Å²) in [5.74, 6) is -0.427. The molecule has 1 saturated heterocycles. The summed E-state index contributed by atoms with van der Waals surface area (Å²) in [6.45, 7) is 2.24. The first-order valence-electron chi connectivity index (χ1n) is 8.81. The molecule has 2 N–H and O–H groups in total. The Hall–Kier alpha value is -1.63. The topological polar surface area (TPSA) is 87.7 Å². The Labute approximate surface area is 143 Å². The number of amides is 2. The molecule has 7 nitrogen and oxygen atoms in total. The lowest BCUT2D eigenvalue weighted by atomic mass is 9.88. The number of nitrogens with zero attached hydrogens (tertiary/aromatic N) is 1. The molecular weight excluding hydrogens is 310 g/mol. The zero-order valence-electron chi connectivity index (χ0n) is 14.8. The minimum Gasteiger partial charge on any atom is -0.467 e. The molecule has 24 heavy (non-hydrogen) atoms. The van der Waals surface area contributed by atoms with E-state index in [-0.39, 0.29) is 29.8 Å². The molecule has 1 heterocycles. The van der Waals surface area contributed by atoms with E-state index in [0.717, 1.165) is 25.7 Å².